The van der Waals surface area contributed by atoms with Crippen molar-refractivity contribution < 1.29 is 32.2 Å². The van der Waals surface area contributed by atoms with Crippen LogP contribution in [0, 0.1) is 0 Å². The Bertz CT molecular complexity index is 1580. The Balaban J connectivity index is 1.54. The molecule has 0 radical (unpaired) electrons. The van der Waals surface area contributed by atoms with Crippen LogP contribution in [0.1, 0.15) is 41.3 Å². The molecule has 0 bridgehead atoms. The third kappa shape index (κ3) is 7.75. The van der Waals surface area contributed by atoms with Crippen LogP contribution in [0.5, 0.6) is 5.75 Å². The van der Waals surface area contributed by atoms with Gasteiger partial charge in [-0.1, -0.05) is 53.5 Å². The largest absolute Gasteiger partial charge is 0.493 e. The second kappa shape index (κ2) is 14.9. The minimum Gasteiger partial charge on any atom is -0.493 e. The first kappa shape index (κ1) is 35.6. The lowest BCUT2D eigenvalue weighted by atomic mass is 9.88. The maximum absolute atomic E-state index is 15.6. The number of carbonyl (C=O) groups excluding carboxylic acids is 2. The highest BCUT2D eigenvalue weighted by molar-refractivity contribution is 6.30. The fourth-order valence-corrected chi connectivity index (χ4v) is 7.13. The van der Waals surface area contributed by atoms with Gasteiger partial charge in [0, 0.05) is 48.3 Å². The van der Waals surface area contributed by atoms with E-state index in [1.807, 2.05) is 34.1 Å². The molecule has 0 aromatic heterocycles. The van der Waals surface area contributed by atoms with Crippen molar-refractivity contribution in [3.05, 3.63) is 99.0 Å². The van der Waals surface area contributed by atoms with Crippen LogP contribution < -0.4 is 20.7 Å². The number of nitrogens with zero attached hydrogens (tertiary/aromatic N) is 2. The number of piperazine rings is 1. The van der Waals surface area contributed by atoms with Crippen LogP contribution in [-0.2, 0) is 26.2 Å². The molecule has 3 aliphatic rings. The van der Waals surface area contributed by atoms with Crippen molar-refractivity contribution in [3.8, 4) is 5.75 Å². The van der Waals surface area contributed by atoms with Crippen LogP contribution in [0.25, 0.3) is 0 Å². The van der Waals surface area contributed by atoms with Gasteiger partial charge in [0.1, 0.15) is 5.75 Å². The van der Waals surface area contributed by atoms with Crippen molar-refractivity contribution in [3.63, 3.8) is 0 Å². The van der Waals surface area contributed by atoms with Gasteiger partial charge < -0.3 is 14.8 Å². The van der Waals surface area contributed by atoms with Gasteiger partial charge in [-0.3, -0.25) is 30.0 Å². The quantitative estimate of drug-likeness (QED) is 0.272. The molecule has 3 aromatic rings. The zero-order valence-electron chi connectivity index (χ0n) is 26.9. The summed E-state index contributed by atoms with van der Waals surface area (Å²) in [6, 6.07) is 15.8. The van der Waals surface area contributed by atoms with E-state index >= 15 is 4.79 Å². The second-order valence-electron chi connectivity index (χ2n) is 12.4. The van der Waals surface area contributed by atoms with E-state index < -0.39 is 35.5 Å². The molecule has 9 nitrogen and oxygen atoms in total. The number of hydrogen-bond donors (Lipinski definition) is 3. The highest BCUT2D eigenvalue weighted by atomic mass is 35.5. The molecule has 1 amide bonds. The van der Waals surface area contributed by atoms with Gasteiger partial charge in [0.25, 0.3) is 0 Å². The zero-order chi connectivity index (χ0) is 34.8. The topological polar surface area (TPSA) is 95.2 Å². The minimum absolute atomic E-state index is 0.0651. The molecule has 3 saturated heterocycles. The summed E-state index contributed by atoms with van der Waals surface area (Å²) in [5, 5.41) is 11.1. The number of ether oxygens (including phenoxy) is 2. The summed E-state index contributed by atoms with van der Waals surface area (Å²) in [7, 11) is 0. The number of rotatable bonds is 10. The van der Waals surface area contributed by atoms with E-state index in [1.165, 1.54) is 6.07 Å². The Kier molecular flexibility index (Phi) is 10.9. The van der Waals surface area contributed by atoms with E-state index in [0.717, 1.165) is 23.3 Å². The van der Waals surface area contributed by atoms with Crippen molar-refractivity contribution in [2.75, 3.05) is 59.1 Å². The minimum atomic E-state index is -4.64. The molecule has 3 atom stereocenters. The number of alkyl halides is 3. The maximum atomic E-state index is 15.6. The van der Waals surface area contributed by atoms with Crippen molar-refractivity contribution >= 4 is 34.9 Å². The molecule has 0 aliphatic carbocycles. The van der Waals surface area contributed by atoms with Crippen molar-refractivity contribution in [2.45, 2.75) is 36.9 Å². The highest BCUT2D eigenvalue weighted by Gasteiger charge is 2.55. The number of nitrogens with one attached hydrogen (secondary N) is 3. The Morgan fingerprint density at radius 2 is 1.55 bits per heavy atom. The van der Waals surface area contributed by atoms with Crippen molar-refractivity contribution in [1.82, 2.24) is 25.8 Å². The van der Waals surface area contributed by atoms with Crippen LogP contribution in [0.4, 0.5) is 13.2 Å². The monoisotopic (exact) mass is 719 g/mol. The van der Waals surface area contributed by atoms with Crippen LogP contribution in [0.15, 0.2) is 66.7 Å². The third-order valence-corrected chi connectivity index (χ3v) is 9.76. The predicted octanol–water partition coefficient (Wildman–Crippen LogP) is 4.94. The SMILES string of the molecule is CCOc1cc(C(F)(F)F)ccc1C1(C(=O)C(CN2CCNC(=O)C2)N2CCOCC2)NC(c2ccc(Cl)cc2)C(c2ccc(Cl)cc2)N1. The molecule has 3 N–H and O–H groups in total. The summed E-state index contributed by atoms with van der Waals surface area (Å²) in [6.45, 7) is 4.79. The number of morpholine rings is 1. The van der Waals surface area contributed by atoms with Crippen LogP contribution in [0.2, 0.25) is 10.0 Å². The molecule has 3 aliphatic heterocycles. The normalized spacial score (nSPS) is 24.4. The zero-order valence-corrected chi connectivity index (χ0v) is 28.4. The Hall–Kier alpha value is -3.23. The number of amides is 1. The number of halogens is 5. The van der Waals surface area contributed by atoms with Crippen LogP contribution >= 0.6 is 23.2 Å². The Labute approximate surface area is 293 Å². The summed E-state index contributed by atoms with van der Waals surface area (Å²) in [5.74, 6) is -0.537. The van der Waals surface area contributed by atoms with Gasteiger partial charge in [0.15, 0.2) is 11.4 Å². The number of benzene rings is 3. The average Bonchev–Trinajstić information content (AvgIpc) is 3.49. The van der Waals surface area contributed by atoms with Gasteiger partial charge in [-0.2, -0.15) is 13.2 Å². The van der Waals surface area contributed by atoms with E-state index in [1.54, 1.807) is 31.2 Å². The molecule has 3 unspecified atom stereocenters. The lowest BCUT2D eigenvalue weighted by Gasteiger charge is -2.42. The highest BCUT2D eigenvalue weighted by Crippen LogP contribution is 2.46. The van der Waals surface area contributed by atoms with Crippen LogP contribution in [-0.4, -0.2) is 86.6 Å². The summed E-state index contributed by atoms with van der Waals surface area (Å²) in [5.41, 5.74) is -0.825. The standard InChI is InChI=1S/C35H38Cl2F3N5O4/c1-2-49-29-19-24(35(38,39)40)7-12-27(29)34(33(47)28(45-15-17-48-18-16-45)20-44-14-13-41-30(46)21-44)42-31(22-3-8-25(36)9-4-22)32(43-34)23-5-10-26(37)11-6-23/h3-12,19,28,31-32,42-43H,2,13-18,20-21H2,1H3,(H,41,46). The Morgan fingerprint density at radius 1 is 0.959 bits per heavy atom. The number of ketones is 1. The van der Waals surface area contributed by atoms with E-state index in [2.05, 4.69) is 16.0 Å². The fourth-order valence-electron chi connectivity index (χ4n) is 6.88. The molecule has 3 fully saturated rings. The molecular weight excluding hydrogens is 682 g/mol. The summed E-state index contributed by atoms with van der Waals surface area (Å²) < 4.78 is 53.6. The van der Waals surface area contributed by atoms with Crippen molar-refractivity contribution in [1.29, 1.82) is 0 Å². The van der Waals surface area contributed by atoms with E-state index in [0.29, 0.717) is 49.4 Å². The van der Waals surface area contributed by atoms with Crippen LogP contribution in [0.3, 0.4) is 0 Å². The molecule has 6 rings (SSSR count). The number of hydrogen-bond acceptors (Lipinski definition) is 8. The fraction of sp³-hybridized carbons (Fsp3) is 0.429. The maximum Gasteiger partial charge on any atom is 0.416 e. The van der Waals surface area contributed by atoms with E-state index in [-0.39, 0.29) is 42.7 Å². The first-order chi connectivity index (χ1) is 23.5. The van der Waals surface area contributed by atoms with E-state index in [9.17, 15) is 18.0 Å². The summed E-state index contributed by atoms with van der Waals surface area (Å²) in [6.07, 6.45) is -4.64. The molecule has 0 spiro atoms. The first-order valence-electron chi connectivity index (χ1n) is 16.2. The van der Waals surface area contributed by atoms with Gasteiger partial charge >= 0.3 is 6.18 Å². The lowest BCUT2D eigenvalue weighted by molar-refractivity contribution is -0.137. The Morgan fingerprint density at radius 3 is 2.08 bits per heavy atom. The van der Waals surface area contributed by atoms with Gasteiger partial charge in [0.05, 0.1) is 50.1 Å². The summed E-state index contributed by atoms with van der Waals surface area (Å²) >= 11 is 12.5. The van der Waals surface area contributed by atoms with Gasteiger partial charge in [-0.25, -0.2) is 0 Å². The molecule has 262 valence electrons. The van der Waals surface area contributed by atoms with Gasteiger partial charge in [0.2, 0.25) is 5.91 Å². The van der Waals surface area contributed by atoms with E-state index in [4.69, 9.17) is 32.7 Å². The number of Topliss-reactive ketones (excluding diaryl/α,β-unsaturated/α-hetero) is 1. The summed E-state index contributed by atoms with van der Waals surface area (Å²) in [4.78, 5) is 31.9. The smallest absolute Gasteiger partial charge is 0.416 e. The lowest BCUT2D eigenvalue weighted by Crippen LogP contribution is -2.64. The first-order valence-corrected chi connectivity index (χ1v) is 17.0. The molecule has 14 heteroatoms. The molecule has 3 aromatic carbocycles. The molecule has 49 heavy (non-hydrogen) atoms. The second-order valence-corrected chi connectivity index (χ2v) is 13.2. The van der Waals surface area contributed by atoms with Gasteiger partial charge in [-0.05, 0) is 54.4 Å². The number of carbonyl (C=O) groups is 2. The molecule has 0 saturated carbocycles. The van der Waals surface area contributed by atoms with Gasteiger partial charge in [-0.15, -0.1) is 0 Å². The predicted molar refractivity (Wildman–Crippen MR) is 180 cm³/mol. The third-order valence-electron chi connectivity index (χ3n) is 9.26. The molecular formula is C35H38Cl2F3N5O4. The molecule has 3 heterocycles. The van der Waals surface area contributed by atoms with Crippen molar-refractivity contribution in [2.24, 2.45) is 0 Å². The average molecular weight is 721 g/mol.